The third-order valence-electron chi connectivity index (χ3n) is 5.66. The minimum Gasteiger partial charge on any atom is -0.324 e. The Morgan fingerprint density at radius 1 is 0.950 bits per heavy atom. The second kappa shape index (κ2) is 12.5. The van der Waals surface area contributed by atoms with Gasteiger partial charge in [-0.25, -0.2) is 19.9 Å². The van der Waals surface area contributed by atoms with Crippen molar-refractivity contribution in [3.8, 4) is 16.4 Å². The first-order chi connectivity index (χ1) is 18.2. The number of nitrogens with zero attached hydrogens (tertiary/aromatic N) is 5. The average Bonchev–Trinajstić information content (AvgIpc) is 3.57. The summed E-state index contributed by atoms with van der Waals surface area (Å²) >= 11 is 1.45. The van der Waals surface area contributed by atoms with Crippen LogP contribution in [0.25, 0.3) is 16.4 Å². The lowest BCUT2D eigenvalue weighted by Gasteiger charge is -2.15. The van der Waals surface area contributed by atoms with Crippen LogP contribution >= 0.6 is 36.2 Å². The summed E-state index contributed by atoms with van der Waals surface area (Å²) in [7, 11) is 0. The van der Waals surface area contributed by atoms with Crippen LogP contribution in [0.15, 0.2) is 72.6 Å². The molecule has 1 amide bonds. The van der Waals surface area contributed by atoms with E-state index in [-0.39, 0.29) is 41.8 Å². The molecular formula is C26H22Cl2F3N7OS. The molecule has 0 unspecified atom stereocenters. The Kier molecular flexibility index (Phi) is 9.51. The average molecular weight is 608 g/mol. The van der Waals surface area contributed by atoms with Gasteiger partial charge in [0.15, 0.2) is 0 Å². The fourth-order valence-electron chi connectivity index (χ4n) is 3.75. The van der Waals surface area contributed by atoms with Crippen LogP contribution in [0.3, 0.4) is 0 Å². The van der Waals surface area contributed by atoms with Gasteiger partial charge in [0.2, 0.25) is 5.95 Å². The van der Waals surface area contributed by atoms with Crippen molar-refractivity contribution in [3.63, 3.8) is 0 Å². The largest absolute Gasteiger partial charge is 0.416 e. The highest BCUT2D eigenvalue weighted by Gasteiger charge is 2.31. The first kappa shape index (κ1) is 30.5. The van der Waals surface area contributed by atoms with E-state index in [1.54, 1.807) is 49.8 Å². The predicted molar refractivity (Wildman–Crippen MR) is 153 cm³/mol. The van der Waals surface area contributed by atoms with E-state index in [1.807, 2.05) is 12.3 Å². The van der Waals surface area contributed by atoms with E-state index >= 15 is 0 Å². The highest BCUT2D eigenvalue weighted by atomic mass is 35.5. The van der Waals surface area contributed by atoms with Crippen molar-refractivity contribution in [2.45, 2.75) is 20.0 Å². The quantitative estimate of drug-likeness (QED) is 0.211. The maximum Gasteiger partial charge on any atom is 0.416 e. The molecule has 5 rings (SSSR count). The van der Waals surface area contributed by atoms with Crippen LogP contribution in [-0.2, 0) is 6.18 Å². The number of hydrogen-bond acceptors (Lipinski definition) is 7. The number of carbonyl (C=O) groups excluding carboxylic acids is 1. The number of anilines is 3. The van der Waals surface area contributed by atoms with Gasteiger partial charge in [0.1, 0.15) is 16.5 Å². The van der Waals surface area contributed by atoms with Crippen LogP contribution in [0.4, 0.5) is 30.5 Å². The molecule has 0 aliphatic carbocycles. The van der Waals surface area contributed by atoms with Crippen LogP contribution in [0, 0.1) is 13.8 Å². The number of imidazole rings is 1. The standard InChI is InChI=1S/C26H20F3N7OS.2ClH/c1-15-3-4-17(11-22(15)35-25-32-6-5-21(34-25)24-31-8-10-38-24)23(37)33-19-12-18(26(27,28)29)13-20(14-19)36-9-7-30-16(36)2;;/h3-14H,1-2H3,(H,33,37)(H,32,34,35);2*1H. The van der Waals surface area contributed by atoms with Gasteiger partial charge < -0.3 is 15.2 Å². The number of alkyl halides is 3. The van der Waals surface area contributed by atoms with Crippen LogP contribution in [0.5, 0.6) is 0 Å². The molecule has 0 fully saturated rings. The molecule has 0 aliphatic rings. The fourth-order valence-corrected chi connectivity index (χ4v) is 4.35. The lowest BCUT2D eigenvalue weighted by Crippen LogP contribution is -2.15. The Labute approximate surface area is 243 Å². The lowest BCUT2D eigenvalue weighted by molar-refractivity contribution is -0.137. The Morgan fingerprint density at radius 2 is 1.75 bits per heavy atom. The number of amides is 1. The first-order valence-corrected chi connectivity index (χ1v) is 12.2. The van der Waals surface area contributed by atoms with Gasteiger partial charge >= 0.3 is 6.18 Å². The highest BCUT2D eigenvalue weighted by Crippen LogP contribution is 2.33. The number of nitrogens with one attached hydrogen (secondary N) is 2. The first-order valence-electron chi connectivity index (χ1n) is 11.3. The van der Waals surface area contributed by atoms with Crippen molar-refractivity contribution in [1.82, 2.24) is 24.5 Å². The molecule has 0 saturated carbocycles. The molecule has 208 valence electrons. The second-order valence-corrected chi connectivity index (χ2v) is 9.22. The molecule has 0 radical (unpaired) electrons. The zero-order valence-electron chi connectivity index (χ0n) is 20.9. The van der Waals surface area contributed by atoms with Gasteiger partial charge in [-0.05, 0) is 55.8 Å². The zero-order chi connectivity index (χ0) is 26.9. The van der Waals surface area contributed by atoms with Gasteiger partial charge in [-0.2, -0.15) is 13.2 Å². The summed E-state index contributed by atoms with van der Waals surface area (Å²) in [6, 6.07) is 10.0. The van der Waals surface area contributed by atoms with E-state index in [4.69, 9.17) is 0 Å². The third kappa shape index (κ3) is 6.76. The molecule has 0 bridgehead atoms. The molecule has 0 spiro atoms. The Balaban J connectivity index is 0.00000220. The van der Waals surface area contributed by atoms with Gasteiger partial charge in [0.25, 0.3) is 5.91 Å². The normalized spacial score (nSPS) is 10.8. The summed E-state index contributed by atoms with van der Waals surface area (Å²) < 4.78 is 42.3. The Hall–Kier alpha value is -4.00. The number of aryl methyl sites for hydroxylation is 2. The van der Waals surface area contributed by atoms with Crippen molar-refractivity contribution in [2.75, 3.05) is 10.6 Å². The minimum absolute atomic E-state index is 0. The van der Waals surface area contributed by atoms with E-state index in [0.717, 1.165) is 22.7 Å². The molecule has 3 heterocycles. The number of rotatable bonds is 6. The van der Waals surface area contributed by atoms with E-state index in [1.165, 1.54) is 28.2 Å². The molecule has 0 aliphatic heterocycles. The van der Waals surface area contributed by atoms with Crippen molar-refractivity contribution < 1.29 is 18.0 Å². The topological polar surface area (TPSA) is 97.6 Å². The van der Waals surface area contributed by atoms with Gasteiger partial charge in [-0.3, -0.25) is 4.79 Å². The molecule has 0 saturated heterocycles. The summed E-state index contributed by atoms with van der Waals surface area (Å²) in [5.74, 6) is 0.256. The maximum atomic E-state index is 13.6. The van der Waals surface area contributed by atoms with Gasteiger partial charge in [-0.1, -0.05) is 6.07 Å². The SMILES string of the molecule is Cc1ccc(C(=O)Nc2cc(-n3ccnc3C)cc(C(F)(F)F)c2)cc1Nc1nccc(-c2nccs2)n1.Cl.Cl. The number of aromatic nitrogens is 5. The summed E-state index contributed by atoms with van der Waals surface area (Å²) in [5, 5.41) is 8.29. The Bertz CT molecular complexity index is 1630. The maximum absolute atomic E-state index is 13.6. The number of benzene rings is 2. The summed E-state index contributed by atoms with van der Waals surface area (Å²) in [6.45, 7) is 3.52. The number of thiazole rings is 1. The molecule has 3 aromatic heterocycles. The van der Waals surface area contributed by atoms with Crippen LogP contribution in [0.1, 0.15) is 27.3 Å². The van der Waals surface area contributed by atoms with Crippen LogP contribution in [-0.4, -0.2) is 30.4 Å². The predicted octanol–water partition coefficient (Wildman–Crippen LogP) is 7.26. The molecule has 2 N–H and O–H groups in total. The highest BCUT2D eigenvalue weighted by molar-refractivity contribution is 7.13. The minimum atomic E-state index is -4.60. The van der Waals surface area contributed by atoms with Crippen LogP contribution < -0.4 is 10.6 Å². The van der Waals surface area contributed by atoms with Crippen molar-refractivity contribution in [3.05, 3.63) is 95.1 Å². The smallest absolute Gasteiger partial charge is 0.324 e. The van der Waals surface area contributed by atoms with Crippen molar-refractivity contribution >= 4 is 59.4 Å². The van der Waals surface area contributed by atoms with Crippen molar-refractivity contribution in [2.24, 2.45) is 0 Å². The molecular weight excluding hydrogens is 586 g/mol. The van der Waals surface area contributed by atoms with E-state index in [0.29, 0.717) is 23.2 Å². The zero-order valence-corrected chi connectivity index (χ0v) is 23.4. The second-order valence-electron chi connectivity index (χ2n) is 8.32. The molecule has 40 heavy (non-hydrogen) atoms. The molecule has 8 nitrogen and oxygen atoms in total. The van der Waals surface area contributed by atoms with E-state index < -0.39 is 17.6 Å². The van der Waals surface area contributed by atoms with E-state index in [2.05, 4.69) is 30.6 Å². The summed E-state index contributed by atoms with van der Waals surface area (Å²) in [6.07, 6.45) is 1.74. The van der Waals surface area contributed by atoms with Crippen LogP contribution in [0.2, 0.25) is 0 Å². The monoisotopic (exact) mass is 607 g/mol. The molecule has 5 aromatic rings. The summed E-state index contributed by atoms with van der Waals surface area (Å²) in [5.41, 5.74) is 1.64. The number of hydrogen-bond donors (Lipinski definition) is 2. The van der Waals surface area contributed by atoms with Gasteiger partial charge in [0.05, 0.1) is 5.56 Å². The lowest BCUT2D eigenvalue weighted by atomic mass is 10.1. The molecule has 14 heteroatoms. The third-order valence-corrected chi connectivity index (χ3v) is 6.46. The van der Waals surface area contributed by atoms with E-state index in [9.17, 15) is 18.0 Å². The Morgan fingerprint density at radius 3 is 2.42 bits per heavy atom. The molecule has 0 atom stereocenters. The fraction of sp³-hybridized carbons (Fsp3) is 0.115. The number of carbonyl (C=O) groups is 1. The molecule has 2 aromatic carbocycles. The van der Waals surface area contributed by atoms with Gasteiger partial charge in [0, 0.05) is 52.8 Å². The van der Waals surface area contributed by atoms with Gasteiger partial charge in [-0.15, -0.1) is 36.2 Å². The number of halogens is 5. The van der Waals surface area contributed by atoms with Crippen molar-refractivity contribution in [1.29, 1.82) is 0 Å². The summed E-state index contributed by atoms with van der Waals surface area (Å²) in [4.78, 5) is 30.1.